The highest BCUT2D eigenvalue weighted by molar-refractivity contribution is 6.16. The predicted molar refractivity (Wildman–Crippen MR) is 142 cm³/mol. The van der Waals surface area contributed by atoms with Crippen LogP contribution in [0.3, 0.4) is 0 Å². The molecule has 0 unspecified atom stereocenters. The minimum Gasteiger partial charge on any atom is -0.497 e. The summed E-state index contributed by atoms with van der Waals surface area (Å²) in [4.78, 5) is 63.1. The molecular weight excluding hydrogens is 486 g/mol. The Kier molecular flexibility index (Phi) is 9.54. The van der Waals surface area contributed by atoms with Crippen LogP contribution in [-0.2, 0) is 24.0 Å². The molecule has 0 aromatic heterocycles. The van der Waals surface area contributed by atoms with Crippen molar-refractivity contribution in [3.8, 4) is 5.75 Å². The third-order valence-electron chi connectivity index (χ3n) is 6.49. The van der Waals surface area contributed by atoms with Crippen LogP contribution in [0.15, 0.2) is 60.7 Å². The van der Waals surface area contributed by atoms with E-state index in [1.165, 1.54) is 13.0 Å². The number of nitrogens with one attached hydrogen (secondary N) is 3. The molecule has 0 radical (unpaired) electrons. The van der Waals surface area contributed by atoms with Crippen molar-refractivity contribution in [2.45, 2.75) is 39.3 Å². The van der Waals surface area contributed by atoms with Gasteiger partial charge in [0.25, 0.3) is 0 Å². The molecule has 0 bridgehead atoms. The van der Waals surface area contributed by atoms with E-state index < -0.39 is 53.3 Å². The summed E-state index contributed by atoms with van der Waals surface area (Å²) in [7, 11) is 1.57. The number of imide groups is 1. The third-order valence-corrected chi connectivity index (χ3v) is 6.49. The number of ketones is 1. The lowest BCUT2D eigenvalue weighted by Gasteiger charge is -2.25. The van der Waals surface area contributed by atoms with Gasteiger partial charge in [0.15, 0.2) is 5.78 Å². The van der Waals surface area contributed by atoms with Crippen molar-refractivity contribution in [2.75, 3.05) is 7.11 Å². The molecular formula is C29H33N3O6. The second-order valence-electron chi connectivity index (χ2n) is 9.59. The molecule has 3 N–H and O–H groups in total. The average Bonchev–Trinajstić information content (AvgIpc) is 3.16. The van der Waals surface area contributed by atoms with Gasteiger partial charge in [-0.05, 0) is 35.3 Å². The van der Waals surface area contributed by atoms with Crippen molar-refractivity contribution in [2.24, 2.45) is 17.8 Å². The van der Waals surface area contributed by atoms with Gasteiger partial charge in [0.2, 0.25) is 23.6 Å². The number of rotatable bonds is 11. The van der Waals surface area contributed by atoms with E-state index in [9.17, 15) is 24.0 Å². The molecule has 4 amide bonds. The van der Waals surface area contributed by atoms with E-state index in [4.69, 9.17) is 4.74 Å². The number of hydrogen-bond acceptors (Lipinski definition) is 6. The second-order valence-corrected chi connectivity index (χ2v) is 9.59. The maximum absolute atomic E-state index is 13.2. The molecule has 1 saturated heterocycles. The van der Waals surface area contributed by atoms with E-state index in [1.54, 1.807) is 63.4 Å². The summed E-state index contributed by atoms with van der Waals surface area (Å²) in [6, 6.07) is 14.6. The first-order valence-electron chi connectivity index (χ1n) is 12.5. The third kappa shape index (κ3) is 7.15. The number of amides is 4. The van der Waals surface area contributed by atoms with E-state index in [0.717, 1.165) is 11.1 Å². The van der Waals surface area contributed by atoms with E-state index >= 15 is 0 Å². The smallest absolute Gasteiger partial charge is 0.244 e. The Labute approximate surface area is 222 Å². The molecule has 3 rings (SSSR count). The van der Waals surface area contributed by atoms with Crippen LogP contribution in [-0.4, -0.2) is 42.6 Å². The number of methoxy groups -OCH3 is 1. The zero-order chi connectivity index (χ0) is 27.8. The fraction of sp³-hybridized carbons (Fsp3) is 0.345. The van der Waals surface area contributed by atoms with E-state index in [1.807, 2.05) is 18.2 Å². The summed E-state index contributed by atoms with van der Waals surface area (Å²) in [5.74, 6) is -4.09. The quantitative estimate of drug-likeness (QED) is 0.238. The SMILES string of the molecule is COc1ccc(/C=C/C(=O)N[C@@H](CC(=O)N[C@H](C(=O)[C@@H]2C(=O)NC(=O)[C@H]2C)C(C)C)c2ccccc2)cc1. The molecule has 2 aromatic carbocycles. The van der Waals surface area contributed by atoms with Crippen LogP contribution in [0.1, 0.15) is 44.4 Å². The van der Waals surface area contributed by atoms with Gasteiger partial charge in [-0.25, -0.2) is 0 Å². The highest BCUT2D eigenvalue weighted by Gasteiger charge is 2.46. The molecule has 1 fully saturated rings. The number of Topliss-reactive ketones (excluding diaryl/α,β-unsaturated/α-hetero) is 1. The van der Waals surface area contributed by atoms with Gasteiger partial charge < -0.3 is 15.4 Å². The topological polar surface area (TPSA) is 131 Å². The first-order chi connectivity index (χ1) is 18.1. The normalized spacial score (nSPS) is 18.7. The minimum atomic E-state index is -1.15. The average molecular weight is 520 g/mol. The summed E-state index contributed by atoms with van der Waals surface area (Å²) in [5.41, 5.74) is 1.52. The van der Waals surface area contributed by atoms with Gasteiger partial charge in [-0.2, -0.15) is 0 Å². The van der Waals surface area contributed by atoms with Crippen molar-refractivity contribution < 1.29 is 28.7 Å². The van der Waals surface area contributed by atoms with Crippen molar-refractivity contribution in [3.05, 3.63) is 71.8 Å². The summed E-state index contributed by atoms with van der Waals surface area (Å²) in [6.07, 6.45) is 2.90. The maximum Gasteiger partial charge on any atom is 0.244 e. The largest absolute Gasteiger partial charge is 0.497 e. The first kappa shape index (κ1) is 28.3. The standard InChI is InChI=1S/C29H33N3O6/c1-17(2)26(27(35)25-18(3)28(36)32-29(25)37)31-24(34)16-22(20-8-6-5-7-9-20)30-23(33)15-12-19-10-13-21(38-4)14-11-19/h5-15,17-18,22,25-26H,16H2,1-4H3,(H,30,33)(H,31,34)(H,32,36,37)/b15-12+/t18-,22-,25+,26-/m0/s1. The Morgan fingerprint density at radius 1 is 0.974 bits per heavy atom. The van der Waals surface area contributed by atoms with Gasteiger partial charge in [0.05, 0.1) is 31.5 Å². The molecule has 1 heterocycles. The molecule has 1 aliphatic heterocycles. The summed E-state index contributed by atoms with van der Waals surface area (Å²) >= 11 is 0. The fourth-order valence-electron chi connectivity index (χ4n) is 4.29. The Bertz CT molecular complexity index is 1210. The Hall–Kier alpha value is -4.27. The van der Waals surface area contributed by atoms with Crippen LogP contribution in [0.4, 0.5) is 0 Å². The van der Waals surface area contributed by atoms with Crippen molar-refractivity contribution in [1.82, 2.24) is 16.0 Å². The van der Waals surface area contributed by atoms with Crippen molar-refractivity contribution >= 4 is 35.5 Å². The summed E-state index contributed by atoms with van der Waals surface area (Å²) in [6.45, 7) is 5.02. The first-order valence-corrected chi connectivity index (χ1v) is 12.5. The number of benzene rings is 2. The van der Waals surface area contributed by atoms with E-state index in [2.05, 4.69) is 16.0 Å². The van der Waals surface area contributed by atoms with Gasteiger partial charge in [-0.3, -0.25) is 29.3 Å². The highest BCUT2D eigenvalue weighted by atomic mass is 16.5. The monoisotopic (exact) mass is 519 g/mol. The molecule has 4 atom stereocenters. The van der Waals surface area contributed by atoms with Crippen LogP contribution in [0, 0.1) is 17.8 Å². The zero-order valence-electron chi connectivity index (χ0n) is 21.9. The van der Waals surface area contributed by atoms with Crippen LogP contribution >= 0.6 is 0 Å². The zero-order valence-corrected chi connectivity index (χ0v) is 21.9. The molecule has 9 nitrogen and oxygen atoms in total. The molecule has 9 heteroatoms. The van der Waals surface area contributed by atoms with Crippen molar-refractivity contribution in [1.29, 1.82) is 0 Å². The molecule has 200 valence electrons. The van der Waals surface area contributed by atoms with Crippen LogP contribution in [0.5, 0.6) is 5.75 Å². The lowest BCUT2D eigenvalue weighted by atomic mass is 9.85. The minimum absolute atomic E-state index is 0.131. The van der Waals surface area contributed by atoms with Crippen LogP contribution in [0.25, 0.3) is 6.08 Å². The van der Waals surface area contributed by atoms with Crippen LogP contribution < -0.4 is 20.7 Å². The number of ether oxygens (including phenoxy) is 1. The molecule has 1 aliphatic rings. The van der Waals surface area contributed by atoms with Gasteiger partial charge in [0.1, 0.15) is 11.7 Å². The Balaban J connectivity index is 1.71. The van der Waals surface area contributed by atoms with Crippen molar-refractivity contribution in [3.63, 3.8) is 0 Å². The molecule has 0 aliphatic carbocycles. The summed E-state index contributed by atoms with van der Waals surface area (Å²) in [5, 5.41) is 7.77. The van der Waals surface area contributed by atoms with Gasteiger partial charge in [-0.1, -0.05) is 63.2 Å². The van der Waals surface area contributed by atoms with Gasteiger partial charge >= 0.3 is 0 Å². The molecule has 38 heavy (non-hydrogen) atoms. The summed E-state index contributed by atoms with van der Waals surface area (Å²) < 4.78 is 5.14. The highest BCUT2D eigenvalue weighted by Crippen LogP contribution is 2.24. The Morgan fingerprint density at radius 3 is 2.18 bits per heavy atom. The van der Waals surface area contributed by atoms with E-state index in [-0.39, 0.29) is 12.3 Å². The van der Waals surface area contributed by atoms with Gasteiger partial charge in [-0.15, -0.1) is 0 Å². The Morgan fingerprint density at radius 2 is 1.63 bits per heavy atom. The molecule has 0 spiro atoms. The number of carbonyl (C=O) groups excluding carboxylic acids is 5. The second kappa shape index (κ2) is 12.8. The lowest BCUT2D eigenvalue weighted by Crippen LogP contribution is -2.49. The maximum atomic E-state index is 13.2. The molecule has 0 saturated carbocycles. The molecule has 2 aromatic rings. The number of hydrogen-bond donors (Lipinski definition) is 3. The van der Waals surface area contributed by atoms with Gasteiger partial charge in [0, 0.05) is 6.08 Å². The number of carbonyl (C=O) groups is 5. The fourth-order valence-corrected chi connectivity index (χ4v) is 4.29. The predicted octanol–water partition coefficient (Wildman–Crippen LogP) is 2.57. The van der Waals surface area contributed by atoms with E-state index in [0.29, 0.717) is 5.75 Å². The van der Waals surface area contributed by atoms with Crippen LogP contribution in [0.2, 0.25) is 0 Å². The lowest BCUT2D eigenvalue weighted by molar-refractivity contribution is -0.137.